The minimum atomic E-state index is -1.41. The van der Waals surface area contributed by atoms with Crippen LogP contribution in [0.25, 0.3) is 0 Å². The monoisotopic (exact) mass is 155 g/mol. The summed E-state index contributed by atoms with van der Waals surface area (Å²) in [5.74, 6) is 0. The highest BCUT2D eigenvalue weighted by Gasteiger charge is 2.10. The first-order valence-electron chi connectivity index (χ1n) is 2.84. The minimum Gasteiger partial charge on any atom is -0.248 e. The van der Waals surface area contributed by atoms with Gasteiger partial charge in [-0.3, -0.25) is 0 Å². The van der Waals surface area contributed by atoms with E-state index in [2.05, 4.69) is 6.92 Å². The van der Waals surface area contributed by atoms with Crippen LogP contribution in [0.3, 0.4) is 0 Å². The van der Waals surface area contributed by atoms with Crippen LogP contribution >= 0.6 is 11.6 Å². The molecule has 0 heterocycles. The largest absolute Gasteiger partial charge is 0.248 e. The summed E-state index contributed by atoms with van der Waals surface area (Å²) in [7, 11) is 0. The van der Waals surface area contributed by atoms with Gasteiger partial charge < -0.3 is 0 Å². The Morgan fingerprint density at radius 2 is 2.11 bits per heavy atom. The standard InChI is InChI=1S/C6H10ClF2/c1-2-5(7)3-6(9)4-8/h5-6H,1-4H2. The summed E-state index contributed by atoms with van der Waals surface area (Å²) >= 11 is 5.47. The molecular weight excluding hydrogens is 146 g/mol. The number of hydrogen-bond donors (Lipinski definition) is 0. The van der Waals surface area contributed by atoms with E-state index in [1.165, 1.54) is 0 Å². The Labute approximate surface area is 59.2 Å². The van der Waals surface area contributed by atoms with Gasteiger partial charge >= 0.3 is 0 Å². The molecule has 2 atom stereocenters. The summed E-state index contributed by atoms with van der Waals surface area (Å²) in [6, 6.07) is 0. The van der Waals surface area contributed by atoms with Crippen LogP contribution in [0.15, 0.2) is 0 Å². The highest BCUT2D eigenvalue weighted by Crippen LogP contribution is 2.11. The molecule has 0 amide bonds. The number of rotatable bonds is 4. The molecule has 0 nitrogen and oxygen atoms in total. The van der Waals surface area contributed by atoms with E-state index in [0.29, 0.717) is 6.42 Å². The smallest absolute Gasteiger partial charge is 0.130 e. The molecule has 0 bridgehead atoms. The SMILES string of the molecule is [CH2]CC(Cl)CC(F)CF. The highest BCUT2D eigenvalue weighted by molar-refractivity contribution is 6.20. The van der Waals surface area contributed by atoms with Crippen LogP contribution in [-0.4, -0.2) is 18.2 Å². The van der Waals surface area contributed by atoms with Gasteiger partial charge in [-0.1, -0.05) is 6.92 Å². The lowest BCUT2D eigenvalue weighted by Crippen LogP contribution is -2.10. The van der Waals surface area contributed by atoms with E-state index >= 15 is 0 Å². The van der Waals surface area contributed by atoms with Gasteiger partial charge in [0.2, 0.25) is 0 Å². The fraction of sp³-hybridized carbons (Fsp3) is 0.833. The third-order valence-corrected chi connectivity index (χ3v) is 1.39. The topological polar surface area (TPSA) is 0 Å². The summed E-state index contributed by atoms with van der Waals surface area (Å²) in [5, 5.41) is -0.323. The maximum absolute atomic E-state index is 12.1. The molecule has 0 aliphatic carbocycles. The average Bonchev–Trinajstić information content (AvgIpc) is 1.87. The van der Waals surface area contributed by atoms with Crippen molar-refractivity contribution >= 4 is 11.6 Å². The van der Waals surface area contributed by atoms with Crippen LogP contribution in [0.4, 0.5) is 8.78 Å². The molecule has 0 aliphatic rings. The maximum atomic E-state index is 12.1. The van der Waals surface area contributed by atoms with E-state index in [9.17, 15) is 8.78 Å². The van der Waals surface area contributed by atoms with Crippen molar-refractivity contribution in [2.45, 2.75) is 24.4 Å². The molecule has 0 spiro atoms. The van der Waals surface area contributed by atoms with Crippen LogP contribution in [0, 0.1) is 6.92 Å². The van der Waals surface area contributed by atoms with Gasteiger partial charge in [-0.25, -0.2) is 8.78 Å². The zero-order valence-electron chi connectivity index (χ0n) is 5.12. The normalized spacial score (nSPS) is 17.3. The number of halogens is 3. The van der Waals surface area contributed by atoms with E-state index in [1.807, 2.05) is 0 Å². The summed E-state index contributed by atoms with van der Waals surface area (Å²) < 4.78 is 23.5. The first-order valence-corrected chi connectivity index (χ1v) is 3.27. The van der Waals surface area contributed by atoms with Crippen molar-refractivity contribution in [3.63, 3.8) is 0 Å². The van der Waals surface area contributed by atoms with Gasteiger partial charge in [0.15, 0.2) is 0 Å². The van der Waals surface area contributed by atoms with Gasteiger partial charge in [0.1, 0.15) is 12.8 Å². The Hall–Kier alpha value is 0.150. The van der Waals surface area contributed by atoms with E-state index in [-0.39, 0.29) is 11.8 Å². The second-order valence-electron chi connectivity index (χ2n) is 1.87. The maximum Gasteiger partial charge on any atom is 0.130 e. The lowest BCUT2D eigenvalue weighted by molar-refractivity contribution is 0.245. The Balaban J connectivity index is 3.22. The van der Waals surface area contributed by atoms with Gasteiger partial charge in [0, 0.05) is 5.38 Å². The highest BCUT2D eigenvalue weighted by atomic mass is 35.5. The Kier molecular flexibility index (Phi) is 5.06. The lowest BCUT2D eigenvalue weighted by atomic mass is 10.2. The summed E-state index contributed by atoms with van der Waals surface area (Å²) in [5.41, 5.74) is 0. The first kappa shape index (κ1) is 9.15. The zero-order chi connectivity index (χ0) is 7.28. The van der Waals surface area contributed by atoms with Crippen LogP contribution in [0.1, 0.15) is 12.8 Å². The van der Waals surface area contributed by atoms with Crippen molar-refractivity contribution in [2.75, 3.05) is 6.67 Å². The van der Waals surface area contributed by atoms with E-state index < -0.39 is 12.8 Å². The molecule has 0 aromatic heterocycles. The third kappa shape index (κ3) is 4.64. The van der Waals surface area contributed by atoms with Crippen molar-refractivity contribution in [2.24, 2.45) is 0 Å². The first-order chi connectivity index (χ1) is 4.20. The van der Waals surface area contributed by atoms with Crippen LogP contribution in [0.2, 0.25) is 0 Å². The molecule has 0 N–H and O–H groups in total. The van der Waals surface area contributed by atoms with Crippen molar-refractivity contribution in [1.82, 2.24) is 0 Å². The summed E-state index contributed by atoms with van der Waals surface area (Å²) in [4.78, 5) is 0. The fourth-order valence-electron chi connectivity index (χ4n) is 0.458. The van der Waals surface area contributed by atoms with Gasteiger partial charge in [-0.15, -0.1) is 11.6 Å². The summed E-state index contributed by atoms with van der Waals surface area (Å²) in [6.07, 6.45) is -0.891. The Morgan fingerprint density at radius 1 is 1.56 bits per heavy atom. The minimum absolute atomic E-state index is 0.0710. The quantitative estimate of drug-likeness (QED) is 0.548. The second-order valence-corrected chi connectivity index (χ2v) is 2.49. The zero-order valence-corrected chi connectivity index (χ0v) is 5.87. The molecule has 9 heavy (non-hydrogen) atoms. The van der Waals surface area contributed by atoms with Crippen molar-refractivity contribution in [1.29, 1.82) is 0 Å². The number of alkyl halides is 3. The molecule has 2 unspecified atom stereocenters. The van der Waals surface area contributed by atoms with Crippen LogP contribution in [-0.2, 0) is 0 Å². The third-order valence-electron chi connectivity index (χ3n) is 0.992. The van der Waals surface area contributed by atoms with Crippen molar-refractivity contribution < 1.29 is 8.78 Å². The molecule has 55 valence electrons. The van der Waals surface area contributed by atoms with Gasteiger partial charge in [-0.2, -0.15) is 0 Å². The van der Waals surface area contributed by atoms with E-state index in [0.717, 1.165) is 0 Å². The molecular formula is C6H10ClF2. The fourth-order valence-corrected chi connectivity index (χ4v) is 0.652. The van der Waals surface area contributed by atoms with E-state index in [4.69, 9.17) is 11.6 Å². The summed E-state index contributed by atoms with van der Waals surface area (Å²) in [6.45, 7) is 2.51. The van der Waals surface area contributed by atoms with Gasteiger partial charge in [-0.05, 0) is 12.8 Å². The van der Waals surface area contributed by atoms with Crippen molar-refractivity contribution in [3.05, 3.63) is 6.92 Å². The second kappa shape index (κ2) is 4.98. The van der Waals surface area contributed by atoms with Crippen LogP contribution < -0.4 is 0 Å². The molecule has 0 rings (SSSR count). The molecule has 0 aromatic rings. The predicted molar refractivity (Wildman–Crippen MR) is 35.1 cm³/mol. The van der Waals surface area contributed by atoms with E-state index in [1.54, 1.807) is 0 Å². The lowest BCUT2D eigenvalue weighted by Gasteiger charge is -2.06. The Bertz CT molecular complexity index is 60.1. The molecule has 1 radical (unpaired) electrons. The molecule has 0 aliphatic heterocycles. The molecule has 0 saturated heterocycles. The molecule has 0 fully saturated rings. The number of hydrogen-bond acceptors (Lipinski definition) is 0. The van der Waals surface area contributed by atoms with Gasteiger partial charge in [0.05, 0.1) is 0 Å². The van der Waals surface area contributed by atoms with Gasteiger partial charge in [0.25, 0.3) is 0 Å². The molecule has 3 heteroatoms. The Morgan fingerprint density at radius 3 is 2.44 bits per heavy atom. The van der Waals surface area contributed by atoms with Crippen LogP contribution in [0.5, 0.6) is 0 Å². The van der Waals surface area contributed by atoms with Crippen molar-refractivity contribution in [3.8, 4) is 0 Å². The molecule has 0 aromatic carbocycles. The molecule has 0 saturated carbocycles. The average molecular weight is 156 g/mol. The predicted octanol–water partition coefficient (Wildman–Crippen LogP) is 2.52.